The van der Waals surface area contributed by atoms with Crippen LogP contribution in [-0.4, -0.2) is 6.61 Å². The van der Waals surface area contributed by atoms with Gasteiger partial charge in [0.1, 0.15) is 11.6 Å². The molecule has 0 N–H and O–H groups in total. The summed E-state index contributed by atoms with van der Waals surface area (Å²) in [6, 6.07) is 3.16. The Balaban J connectivity index is 2.56. The fourth-order valence-electron chi connectivity index (χ4n) is 1.38. The van der Waals surface area contributed by atoms with Crippen LogP contribution in [0.25, 0.3) is 0 Å². The van der Waals surface area contributed by atoms with E-state index in [1.165, 1.54) is 6.07 Å². The molecule has 1 aliphatic heterocycles. The first kappa shape index (κ1) is 9.34. The summed E-state index contributed by atoms with van der Waals surface area (Å²) in [5.74, 6) is 0.312. The summed E-state index contributed by atoms with van der Waals surface area (Å²) in [6.45, 7) is 0.600. The van der Waals surface area contributed by atoms with Crippen LogP contribution in [0, 0.1) is 5.82 Å². The number of hydrogen-bond acceptors (Lipinski definition) is 2. The zero-order valence-corrected chi connectivity index (χ0v) is 9.24. The molecule has 1 heterocycles. The Kier molecular flexibility index (Phi) is 2.51. The molecule has 1 aliphatic rings. The smallest absolute Gasteiger partial charge is 0.141 e. The zero-order valence-electron chi connectivity index (χ0n) is 6.76. The van der Waals surface area contributed by atoms with Gasteiger partial charge in [0.15, 0.2) is 0 Å². The highest BCUT2D eigenvalue weighted by Gasteiger charge is 2.22. The van der Waals surface area contributed by atoms with Gasteiger partial charge in [0.2, 0.25) is 0 Å². The summed E-state index contributed by atoms with van der Waals surface area (Å²) in [6.07, 6.45) is 0.869. The highest BCUT2D eigenvalue weighted by Crippen LogP contribution is 2.41. The van der Waals surface area contributed by atoms with Crippen molar-refractivity contribution in [3.63, 3.8) is 0 Å². The van der Waals surface area contributed by atoms with E-state index in [1.54, 1.807) is 6.07 Å². The van der Waals surface area contributed by atoms with Crippen LogP contribution in [-0.2, 0) is 0 Å². The van der Waals surface area contributed by atoms with E-state index in [2.05, 4.69) is 28.6 Å². The third kappa shape index (κ3) is 1.57. The fourth-order valence-corrected chi connectivity index (χ4v) is 2.17. The number of halogens is 2. The van der Waals surface area contributed by atoms with Crippen molar-refractivity contribution in [3.8, 4) is 5.75 Å². The minimum absolute atomic E-state index is 0.153. The summed E-state index contributed by atoms with van der Waals surface area (Å²) >= 11 is 7.56. The van der Waals surface area contributed by atoms with Crippen molar-refractivity contribution in [1.29, 1.82) is 0 Å². The van der Waals surface area contributed by atoms with Crippen LogP contribution in [0.5, 0.6) is 5.75 Å². The van der Waals surface area contributed by atoms with Crippen molar-refractivity contribution in [1.82, 2.24) is 0 Å². The molecule has 1 aromatic rings. The number of fused-ring (bicyclic) bond motifs is 1. The molecule has 0 aromatic heterocycles. The highest BCUT2D eigenvalue weighted by atomic mass is 79.9. The molecule has 0 aliphatic carbocycles. The predicted molar refractivity (Wildman–Crippen MR) is 55.9 cm³/mol. The Morgan fingerprint density at radius 1 is 1.54 bits per heavy atom. The lowest BCUT2D eigenvalue weighted by Crippen LogP contribution is -2.11. The molecule has 0 bridgehead atoms. The Bertz CT molecular complexity index is 343. The van der Waals surface area contributed by atoms with Crippen LogP contribution in [0.3, 0.4) is 0 Å². The van der Waals surface area contributed by atoms with E-state index in [1.807, 2.05) is 0 Å². The second-order valence-electron chi connectivity index (χ2n) is 2.93. The van der Waals surface area contributed by atoms with Crippen molar-refractivity contribution in [2.24, 2.45) is 0 Å². The lowest BCUT2D eigenvalue weighted by molar-refractivity contribution is 0.283. The van der Waals surface area contributed by atoms with Gasteiger partial charge in [0.05, 0.1) is 11.1 Å². The highest BCUT2D eigenvalue weighted by molar-refractivity contribution is 9.10. The largest absolute Gasteiger partial charge is 0.492 e. The van der Waals surface area contributed by atoms with Gasteiger partial charge in [-0.05, 0) is 28.4 Å². The second kappa shape index (κ2) is 3.50. The molecule has 13 heavy (non-hydrogen) atoms. The molecule has 70 valence electrons. The summed E-state index contributed by atoms with van der Waals surface area (Å²) in [4.78, 5) is 0. The number of ether oxygens (including phenoxy) is 1. The van der Waals surface area contributed by atoms with Crippen LogP contribution in [0.1, 0.15) is 17.2 Å². The standard InChI is InChI=1S/C9H8BrFOS/c10-8-6(11)2-1-5-7(13)3-4-12-9(5)8/h1-2,7,13H,3-4H2. The molecule has 0 radical (unpaired) electrons. The van der Waals surface area contributed by atoms with Crippen molar-refractivity contribution in [2.75, 3.05) is 6.61 Å². The van der Waals surface area contributed by atoms with E-state index >= 15 is 0 Å². The molecule has 0 fully saturated rings. The summed E-state index contributed by atoms with van der Waals surface area (Å²) in [5, 5.41) is 0.153. The first-order valence-corrected chi connectivity index (χ1v) is 5.30. The van der Waals surface area contributed by atoms with Crippen LogP contribution in [0.2, 0.25) is 0 Å². The number of benzene rings is 1. The number of rotatable bonds is 0. The van der Waals surface area contributed by atoms with Crippen LogP contribution in [0.15, 0.2) is 16.6 Å². The minimum Gasteiger partial charge on any atom is -0.492 e. The third-order valence-electron chi connectivity index (χ3n) is 2.08. The SMILES string of the molecule is Fc1ccc2c(c1Br)OCCC2S. The second-order valence-corrected chi connectivity index (χ2v) is 4.35. The van der Waals surface area contributed by atoms with Gasteiger partial charge >= 0.3 is 0 Å². The maximum Gasteiger partial charge on any atom is 0.141 e. The van der Waals surface area contributed by atoms with Crippen molar-refractivity contribution in [2.45, 2.75) is 11.7 Å². The molecule has 1 unspecified atom stereocenters. The van der Waals surface area contributed by atoms with Crippen molar-refractivity contribution in [3.05, 3.63) is 28.0 Å². The van der Waals surface area contributed by atoms with Crippen LogP contribution < -0.4 is 4.74 Å². The van der Waals surface area contributed by atoms with Crippen molar-refractivity contribution < 1.29 is 9.13 Å². The Labute approximate surface area is 89.8 Å². The third-order valence-corrected chi connectivity index (χ3v) is 3.35. The van der Waals surface area contributed by atoms with Gasteiger partial charge in [0.25, 0.3) is 0 Å². The van der Waals surface area contributed by atoms with E-state index in [4.69, 9.17) is 4.74 Å². The molecule has 0 saturated carbocycles. The number of thiol groups is 1. The quantitative estimate of drug-likeness (QED) is 0.706. The molecule has 0 amide bonds. The van der Waals surface area contributed by atoms with Crippen LogP contribution >= 0.6 is 28.6 Å². The predicted octanol–water partition coefficient (Wildman–Crippen LogP) is 3.34. The van der Waals surface area contributed by atoms with Crippen molar-refractivity contribution >= 4 is 28.6 Å². The first-order chi connectivity index (χ1) is 6.20. The molecule has 4 heteroatoms. The first-order valence-electron chi connectivity index (χ1n) is 3.99. The zero-order chi connectivity index (χ0) is 9.42. The van der Waals surface area contributed by atoms with Gasteiger partial charge in [-0.3, -0.25) is 0 Å². The molecule has 0 spiro atoms. The van der Waals surface area contributed by atoms with Gasteiger partial charge < -0.3 is 4.74 Å². The van der Waals surface area contributed by atoms with E-state index in [0.717, 1.165) is 12.0 Å². The van der Waals surface area contributed by atoms with E-state index in [0.29, 0.717) is 16.8 Å². The monoisotopic (exact) mass is 262 g/mol. The van der Waals surface area contributed by atoms with Gasteiger partial charge in [-0.1, -0.05) is 6.07 Å². The molecular formula is C9H8BrFOS. The minimum atomic E-state index is -0.291. The lowest BCUT2D eigenvalue weighted by atomic mass is 10.1. The summed E-state index contributed by atoms with van der Waals surface area (Å²) < 4.78 is 18.9. The fraction of sp³-hybridized carbons (Fsp3) is 0.333. The normalized spacial score (nSPS) is 20.7. The maximum atomic E-state index is 13.1. The number of hydrogen-bond donors (Lipinski definition) is 1. The molecule has 1 nitrogen and oxygen atoms in total. The van der Waals surface area contributed by atoms with Gasteiger partial charge in [-0.25, -0.2) is 4.39 Å². The molecule has 1 aromatic carbocycles. The van der Waals surface area contributed by atoms with E-state index in [9.17, 15) is 4.39 Å². The average molecular weight is 263 g/mol. The van der Waals surface area contributed by atoms with Crippen LogP contribution in [0.4, 0.5) is 4.39 Å². The summed E-state index contributed by atoms with van der Waals surface area (Å²) in [5.41, 5.74) is 0.961. The average Bonchev–Trinajstić information content (AvgIpc) is 2.12. The topological polar surface area (TPSA) is 9.23 Å². The Morgan fingerprint density at radius 3 is 3.08 bits per heavy atom. The van der Waals surface area contributed by atoms with E-state index < -0.39 is 0 Å². The van der Waals surface area contributed by atoms with Gasteiger partial charge in [0, 0.05) is 10.8 Å². The Hall–Kier alpha value is -0.220. The lowest BCUT2D eigenvalue weighted by Gasteiger charge is -2.23. The van der Waals surface area contributed by atoms with Gasteiger partial charge in [-0.15, -0.1) is 0 Å². The van der Waals surface area contributed by atoms with E-state index in [-0.39, 0.29) is 11.1 Å². The summed E-state index contributed by atoms with van der Waals surface area (Å²) in [7, 11) is 0. The van der Waals surface area contributed by atoms with Gasteiger partial charge in [-0.2, -0.15) is 12.6 Å². The molecular weight excluding hydrogens is 255 g/mol. The maximum absolute atomic E-state index is 13.1. The molecule has 2 rings (SSSR count). The molecule has 0 saturated heterocycles. The Morgan fingerprint density at radius 2 is 2.31 bits per heavy atom. The molecule has 1 atom stereocenters.